The van der Waals surface area contributed by atoms with E-state index in [2.05, 4.69) is 19.1 Å². The second-order valence-corrected chi connectivity index (χ2v) is 11.6. The number of carbonyl (C=O) groups excluding carboxylic acids is 2. The van der Waals surface area contributed by atoms with Crippen molar-refractivity contribution in [3.8, 4) is 0 Å². The Morgan fingerprint density at radius 2 is 1.70 bits per heavy atom. The van der Waals surface area contributed by atoms with Crippen molar-refractivity contribution >= 4 is 11.9 Å². The van der Waals surface area contributed by atoms with E-state index >= 15 is 0 Å². The molecular formula is C26H36O4. The molecule has 5 fully saturated rings. The Kier molecular flexibility index (Phi) is 4.58. The van der Waals surface area contributed by atoms with Crippen molar-refractivity contribution < 1.29 is 19.1 Å². The van der Waals surface area contributed by atoms with Crippen LogP contribution in [0, 0.1) is 47.3 Å². The van der Waals surface area contributed by atoms with Gasteiger partial charge in [-0.2, -0.15) is 0 Å². The monoisotopic (exact) mass is 412 g/mol. The maximum Gasteiger partial charge on any atom is 0.309 e. The smallest absolute Gasteiger partial charge is 0.309 e. The molecular weight excluding hydrogens is 376 g/mol. The highest BCUT2D eigenvalue weighted by atomic mass is 16.6. The fraction of sp³-hybridized carbons (Fsp3) is 0.846. The van der Waals surface area contributed by atoms with Crippen molar-refractivity contribution in [1.82, 2.24) is 0 Å². The molecule has 6 aliphatic carbocycles. The number of carbonyl (C=O) groups is 2. The van der Waals surface area contributed by atoms with Gasteiger partial charge in [-0.25, -0.2) is 0 Å². The Bertz CT molecular complexity index is 750. The summed E-state index contributed by atoms with van der Waals surface area (Å²) in [6, 6.07) is 0. The minimum atomic E-state index is -0.238. The summed E-state index contributed by atoms with van der Waals surface area (Å²) in [7, 11) is 0. The lowest BCUT2D eigenvalue weighted by Gasteiger charge is -2.37. The van der Waals surface area contributed by atoms with Crippen molar-refractivity contribution in [2.75, 3.05) is 0 Å². The van der Waals surface area contributed by atoms with Gasteiger partial charge in [0.05, 0.1) is 11.8 Å². The highest BCUT2D eigenvalue weighted by molar-refractivity contribution is 5.75. The number of rotatable bonds is 4. The molecule has 4 bridgehead atoms. The normalized spacial score (nSPS) is 47.4. The first kappa shape index (κ1) is 19.4. The van der Waals surface area contributed by atoms with Gasteiger partial charge in [0.2, 0.25) is 0 Å². The summed E-state index contributed by atoms with van der Waals surface area (Å²) in [6.07, 6.45) is 16.6. The molecule has 6 aliphatic rings. The van der Waals surface area contributed by atoms with Gasteiger partial charge in [-0.15, -0.1) is 0 Å². The molecule has 0 aliphatic heterocycles. The van der Waals surface area contributed by atoms with Crippen LogP contribution in [-0.4, -0.2) is 23.6 Å². The molecule has 4 nitrogen and oxygen atoms in total. The highest BCUT2D eigenvalue weighted by Crippen LogP contribution is 2.62. The van der Waals surface area contributed by atoms with Gasteiger partial charge < -0.3 is 9.47 Å². The topological polar surface area (TPSA) is 52.6 Å². The summed E-state index contributed by atoms with van der Waals surface area (Å²) < 4.78 is 12.3. The summed E-state index contributed by atoms with van der Waals surface area (Å²) in [5.41, 5.74) is -0.238. The SMILES string of the molecule is CC1(OC(=O)C2CCC3C4CC(CC4OC(=O)C4CC5C=CC4C5)C23)CCCCC1. The fourth-order valence-corrected chi connectivity index (χ4v) is 8.49. The number of ether oxygens (including phenoxy) is 2. The van der Waals surface area contributed by atoms with Crippen molar-refractivity contribution in [2.24, 2.45) is 47.3 Å². The zero-order valence-corrected chi connectivity index (χ0v) is 18.3. The van der Waals surface area contributed by atoms with Crippen LogP contribution in [0.5, 0.6) is 0 Å². The number of hydrogen-bond donors (Lipinski definition) is 0. The molecule has 0 aromatic heterocycles. The first-order valence-corrected chi connectivity index (χ1v) is 12.6. The maximum absolute atomic E-state index is 13.1. The number of allylic oxidation sites excluding steroid dienone is 2. The second-order valence-electron chi connectivity index (χ2n) is 11.6. The third kappa shape index (κ3) is 3.07. The first-order chi connectivity index (χ1) is 14.5. The van der Waals surface area contributed by atoms with Crippen molar-refractivity contribution in [1.29, 1.82) is 0 Å². The minimum Gasteiger partial charge on any atom is -0.462 e. The molecule has 4 heteroatoms. The van der Waals surface area contributed by atoms with Crippen molar-refractivity contribution in [2.45, 2.75) is 89.3 Å². The van der Waals surface area contributed by atoms with Gasteiger partial charge in [0, 0.05) is 0 Å². The van der Waals surface area contributed by atoms with Crippen LogP contribution in [0.1, 0.15) is 77.6 Å². The molecule has 9 atom stereocenters. The van der Waals surface area contributed by atoms with E-state index in [0.717, 1.165) is 51.4 Å². The van der Waals surface area contributed by atoms with Gasteiger partial charge in [-0.3, -0.25) is 9.59 Å². The molecule has 0 amide bonds. The molecule has 0 saturated heterocycles. The van der Waals surface area contributed by atoms with Gasteiger partial charge in [0.25, 0.3) is 0 Å². The lowest BCUT2D eigenvalue weighted by atomic mass is 9.76. The molecule has 30 heavy (non-hydrogen) atoms. The molecule has 0 heterocycles. The molecule has 9 unspecified atom stereocenters. The zero-order valence-electron chi connectivity index (χ0n) is 18.3. The Balaban J connectivity index is 1.08. The van der Waals surface area contributed by atoms with Crippen LogP contribution in [0.2, 0.25) is 0 Å². The summed E-state index contributed by atoms with van der Waals surface area (Å²) in [6.45, 7) is 2.14. The molecule has 0 spiro atoms. The Hall–Kier alpha value is -1.32. The summed E-state index contributed by atoms with van der Waals surface area (Å²) in [4.78, 5) is 26.0. The van der Waals surface area contributed by atoms with E-state index in [1.807, 2.05) is 0 Å². The molecule has 5 saturated carbocycles. The number of fused-ring (bicyclic) bond motifs is 7. The summed E-state index contributed by atoms with van der Waals surface area (Å²) in [5.74, 6) is 3.35. The minimum absolute atomic E-state index is 0.0557. The third-order valence-electron chi connectivity index (χ3n) is 9.86. The van der Waals surface area contributed by atoms with E-state index < -0.39 is 0 Å². The van der Waals surface area contributed by atoms with Gasteiger partial charge in [0.1, 0.15) is 11.7 Å². The van der Waals surface area contributed by atoms with E-state index in [1.165, 1.54) is 19.3 Å². The zero-order chi connectivity index (χ0) is 20.5. The van der Waals surface area contributed by atoms with Crippen LogP contribution in [0.25, 0.3) is 0 Å². The quantitative estimate of drug-likeness (QED) is 0.478. The average molecular weight is 413 g/mol. The predicted octanol–water partition coefficient (Wildman–Crippen LogP) is 5.06. The summed E-state index contributed by atoms with van der Waals surface area (Å²) >= 11 is 0. The van der Waals surface area contributed by atoms with Crippen LogP contribution in [0.4, 0.5) is 0 Å². The lowest BCUT2D eigenvalue weighted by Crippen LogP contribution is -2.40. The Morgan fingerprint density at radius 1 is 0.867 bits per heavy atom. The van der Waals surface area contributed by atoms with Crippen LogP contribution >= 0.6 is 0 Å². The predicted molar refractivity (Wildman–Crippen MR) is 112 cm³/mol. The number of esters is 2. The van der Waals surface area contributed by atoms with Crippen molar-refractivity contribution in [3.05, 3.63) is 12.2 Å². The van der Waals surface area contributed by atoms with Crippen LogP contribution in [0.3, 0.4) is 0 Å². The first-order valence-electron chi connectivity index (χ1n) is 12.6. The van der Waals surface area contributed by atoms with Crippen LogP contribution < -0.4 is 0 Å². The van der Waals surface area contributed by atoms with E-state index in [9.17, 15) is 9.59 Å². The molecule has 0 radical (unpaired) electrons. The Morgan fingerprint density at radius 3 is 2.43 bits per heavy atom. The second kappa shape index (κ2) is 7.10. The van der Waals surface area contributed by atoms with Gasteiger partial charge >= 0.3 is 11.9 Å². The molecule has 6 rings (SSSR count). The summed E-state index contributed by atoms with van der Waals surface area (Å²) in [5, 5.41) is 0. The molecule has 0 N–H and O–H groups in total. The molecule has 0 aromatic carbocycles. The van der Waals surface area contributed by atoms with Gasteiger partial charge in [-0.05, 0) is 107 Å². The van der Waals surface area contributed by atoms with Gasteiger partial charge in [-0.1, -0.05) is 18.6 Å². The molecule has 0 aromatic rings. The lowest BCUT2D eigenvalue weighted by molar-refractivity contribution is -0.170. The van der Waals surface area contributed by atoms with E-state index in [0.29, 0.717) is 35.5 Å². The van der Waals surface area contributed by atoms with E-state index in [1.54, 1.807) is 0 Å². The van der Waals surface area contributed by atoms with E-state index in [-0.39, 0.29) is 35.5 Å². The average Bonchev–Trinajstić information content (AvgIpc) is 3.51. The largest absolute Gasteiger partial charge is 0.462 e. The van der Waals surface area contributed by atoms with Crippen molar-refractivity contribution in [3.63, 3.8) is 0 Å². The maximum atomic E-state index is 13.1. The standard InChI is InChI=1S/C26H36O4/c1-26(9-3-2-4-10-26)30-25(28)19-8-7-18-21-13-17(23(18)19)14-22(21)29-24(27)20-12-15-5-6-16(20)11-15/h5-6,15-23H,2-4,7-14H2,1H3. The number of hydrogen-bond acceptors (Lipinski definition) is 4. The fourth-order valence-electron chi connectivity index (χ4n) is 8.49. The Labute approximate surface area is 180 Å². The third-order valence-corrected chi connectivity index (χ3v) is 9.86. The molecule has 164 valence electrons. The van der Waals surface area contributed by atoms with E-state index in [4.69, 9.17) is 9.47 Å². The van der Waals surface area contributed by atoms with Crippen LogP contribution in [-0.2, 0) is 19.1 Å². The highest BCUT2D eigenvalue weighted by Gasteiger charge is 2.60. The van der Waals surface area contributed by atoms with Crippen LogP contribution in [0.15, 0.2) is 12.2 Å². The van der Waals surface area contributed by atoms with Gasteiger partial charge in [0.15, 0.2) is 0 Å².